The molecule has 0 radical (unpaired) electrons. The monoisotopic (exact) mass is 428 g/mol. The maximum Gasteiger partial charge on any atom is 0.417 e. The summed E-state index contributed by atoms with van der Waals surface area (Å²) in [7, 11) is 0. The van der Waals surface area contributed by atoms with Crippen LogP contribution in [0, 0.1) is 5.92 Å². The van der Waals surface area contributed by atoms with Crippen LogP contribution in [-0.2, 0) is 11.0 Å². The minimum Gasteiger partial charge on any atom is -0.355 e. The average molecular weight is 429 g/mol. The molecule has 1 atom stereocenters. The van der Waals surface area contributed by atoms with Crippen molar-refractivity contribution in [2.45, 2.75) is 19.0 Å². The summed E-state index contributed by atoms with van der Waals surface area (Å²) < 4.78 is 38.9. The summed E-state index contributed by atoms with van der Waals surface area (Å²) in [5.41, 5.74) is -0.692. The molecule has 1 amide bonds. The number of alkyl halides is 3. The van der Waals surface area contributed by atoms with Crippen molar-refractivity contribution in [3.8, 4) is 0 Å². The summed E-state index contributed by atoms with van der Waals surface area (Å²) in [6.45, 7) is 1.21. The highest BCUT2D eigenvalue weighted by molar-refractivity contribution is 9.10. The highest BCUT2D eigenvalue weighted by atomic mass is 79.9. The van der Waals surface area contributed by atoms with E-state index in [1.54, 1.807) is 18.6 Å². The highest BCUT2D eigenvalue weighted by Gasteiger charge is 2.33. The molecule has 3 rings (SSSR count). The maximum atomic E-state index is 13.0. The van der Waals surface area contributed by atoms with Gasteiger partial charge in [-0.2, -0.15) is 13.2 Å². The lowest BCUT2D eigenvalue weighted by Gasteiger charge is -2.32. The predicted octanol–water partition coefficient (Wildman–Crippen LogP) is 4.11. The summed E-state index contributed by atoms with van der Waals surface area (Å²) in [4.78, 5) is 22.7. The number of benzene rings is 1. The molecule has 26 heavy (non-hydrogen) atoms. The van der Waals surface area contributed by atoms with Gasteiger partial charge in [-0.15, -0.1) is 0 Å². The molecule has 0 bridgehead atoms. The van der Waals surface area contributed by atoms with Crippen LogP contribution in [0.3, 0.4) is 0 Å². The van der Waals surface area contributed by atoms with Gasteiger partial charge in [0.05, 0.1) is 17.7 Å². The van der Waals surface area contributed by atoms with Crippen molar-refractivity contribution in [2.75, 3.05) is 23.3 Å². The van der Waals surface area contributed by atoms with E-state index in [0.29, 0.717) is 18.8 Å². The third-order valence-corrected chi connectivity index (χ3v) is 4.90. The third-order valence-electron chi connectivity index (χ3n) is 4.21. The van der Waals surface area contributed by atoms with Gasteiger partial charge in [-0.05, 0) is 31.0 Å². The average Bonchev–Trinajstić information content (AvgIpc) is 2.63. The van der Waals surface area contributed by atoms with Crippen LogP contribution in [0.2, 0.25) is 0 Å². The summed E-state index contributed by atoms with van der Waals surface area (Å²) in [6.07, 6.45) is 1.76. The van der Waals surface area contributed by atoms with E-state index in [-0.39, 0.29) is 22.0 Å². The fraction of sp³-hybridized carbons (Fsp3) is 0.353. The Kier molecular flexibility index (Phi) is 5.45. The first-order valence-electron chi connectivity index (χ1n) is 8.03. The molecule has 9 heteroatoms. The Bertz CT molecular complexity index is 785. The molecule has 5 nitrogen and oxygen atoms in total. The van der Waals surface area contributed by atoms with E-state index in [1.807, 2.05) is 4.90 Å². The number of carbonyl (C=O) groups excluding carboxylic acids is 1. The molecule has 1 saturated heterocycles. The topological polar surface area (TPSA) is 58.1 Å². The zero-order valence-electron chi connectivity index (χ0n) is 13.6. The molecule has 1 aromatic heterocycles. The van der Waals surface area contributed by atoms with E-state index in [0.717, 1.165) is 19.0 Å². The van der Waals surface area contributed by atoms with Gasteiger partial charge in [-0.3, -0.25) is 9.78 Å². The molecule has 1 aliphatic heterocycles. The molecule has 0 unspecified atom stereocenters. The lowest BCUT2D eigenvalue weighted by Crippen LogP contribution is -2.41. The van der Waals surface area contributed by atoms with Gasteiger partial charge in [0.15, 0.2) is 0 Å². The molecule has 1 aromatic carbocycles. The predicted molar refractivity (Wildman–Crippen MR) is 94.7 cm³/mol. The number of hydrogen-bond donors (Lipinski definition) is 1. The van der Waals surface area contributed by atoms with Crippen LogP contribution in [0.5, 0.6) is 0 Å². The number of halogens is 4. The number of hydrogen-bond acceptors (Lipinski definition) is 4. The van der Waals surface area contributed by atoms with Crippen LogP contribution in [0.4, 0.5) is 24.7 Å². The first kappa shape index (κ1) is 18.6. The fourth-order valence-corrected chi connectivity index (χ4v) is 3.39. The number of nitrogens with zero attached hydrogens (tertiary/aromatic N) is 3. The lowest BCUT2D eigenvalue weighted by atomic mass is 9.97. The first-order chi connectivity index (χ1) is 12.3. The maximum absolute atomic E-state index is 13.0. The molecule has 1 aliphatic rings. The Morgan fingerprint density at radius 2 is 2.12 bits per heavy atom. The smallest absolute Gasteiger partial charge is 0.355 e. The molecule has 0 aliphatic carbocycles. The number of rotatable bonds is 3. The van der Waals surface area contributed by atoms with Gasteiger partial charge in [-0.1, -0.05) is 15.9 Å². The van der Waals surface area contributed by atoms with Crippen LogP contribution >= 0.6 is 15.9 Å². The standard InChI is InChI=1S/C17H16BrF3N4O/c18-14-4-3-12(8-13(14)17(19,20)21)24-16(26)11-2-1-7-25(10-11)15-9-22-5-6-23-15/h3-6,8-9,11H,1-2,7,10H2,(H,24,26)/t11-/m0/s1. The number of piperidine rings is 1. The molecule has 1 fully saturated rings. The zero-order valence-corrected chi connectivity index (χ0v) is 15.2. The first-order valence-corrected chi connectivity index (χ1v) is 8.82. The summed E-state index contributed by atoms with van der Waals surface area (Å²) in [5, 5.41) is 2.60. The van der Waals surface area contributed by atoms with Gasteiger partial charge >= 0.3 is 6.18 Å². The Labute approximate surface area is 156 Å². The fourth-order valence-electron chi connectivity index (χ4n) is 2.92. The van der Waals surface area contributed by atoms with E-state index in [9.17, 15) is 18.0 Å². The van der Waals surface area contributed by atoms with Crippen LogP contribution < -0.4 is 10.2 Å². The van der Waals surface area contributed by atoms with Gasteiger partial charge in [-0.25, -0.2) is 4.98 Å². The minimum atomic E-state index is -4.49. The summed E-state index contributed by atoms with van der Waals surface area (Å²) >= 11 is 2.89. The van der Waals surface area contributed by atoms with Gasteiger partial charge in [0.25, 0.3) is 0 Å². The molecule has 0 spiro atoms. The van der Waals surface area contributed by atoms with Crippen molar-refractivity contribution in [1.82, 2.24) is 9.97 Å². The molecule has 0 saturated carbocycles. The number of anilines is 2. The van der Waals surface area contributed by atoms with Gasteiger partial charge in [0.1, 0.15) is 5.82 Å². The lowest BCUT2D eigenvalue weighted by molar-refractivity contribution is -0.138. The van der Waals surface area contributed by atoms with Crippen molar-refractivity contribution in [3.05, 3.63) is 46.8 Å². The van der Waals surface area contributed by atoms with E-state index in [4.69, 9.17) is 0 Å². The third kappa shape index (κ3) is 4.32. The SMILES string of the molecule is O=C(Nc1ccc(Br)c(C(F)(F)F)c1)[C@H]1CCCN(c2cnccn2)C1. The van der Waals surface area contributed by atoms with Crippen molar-refractivity contribution in [2.24, 2.45) is 5.92 Å². The van der Waals surface area contributed by atoms with Crippen LogP contribution in [0.15, 0.2) is 41.3 Å². The van der Waals surface area contributed by atoms with Crippen molar-refractivity contribution in [1.29, 1.82) is 0 Å². The summed E-state index contributed by atoms with van der Waals surface area (Å²) in [5.74, 6) is 0.0609. The quantitative estimate of drug-likeness (QED) is 0.798. The molecule has 138 valence electrons. The van der Waals surface area contributed by atoms with Gasteiger partial charge < -0.3 is 10.2 Å². The second-order valence-corrected chi connectivity index (χ2v) is 6.88. The number of carbonyl (C=O) groups is 1. The second-order valence-electron chi connectivity index (χ2n) is 6.03. The number of aromatic nitrogens is 2. The number of nitrogens with one attached hydrogen (secondary N) is 1. The molecular weight excluding hydrogens is 413 g/mol. The van der Waals surface area contributed by atoms with Crippen LogP contribution in [0.25, 0.3) is 0 Å². The normalized spacial score (nSPS) is 17.8. The van der Waals surface area contributed by atoms with Crippen molar-refractivity contribution < 1.29 is 18.0 Å². The van der Waals surface area contributed by atoms with Gasteiger partial charge in [0.2, 0.25) is 5.91 Å². The Morgan fingerprint density at radius 1 is 1.31 bits per heavy atom. The van der Waals surface area contributed by atoms with Crippen LogP contribution in [-0.4, -0.2) is 29.0 Å². The number of amides is 1. The molecule has 2 aromatic rings. The van der Waals surface area contributed by atoms with Gasteiger partial charge in [0, 0.05) is 35.6 Å². The zero-order chi connectivity index (χ0) is 18.7. The van der Waals surface area contributed by atoms with E-state index < -0.39 is 11.7 Å². The van der Waals surface area contributed by atoms with E-state index in [2.05, 4.69) is 31.2 Å². The largest absolute Gasteiger partial charge is 0.417 e. The second kappa shape index (κ2) is 7.61. The molecular formula is C17H16BrF3N4O. The Balaban J connectivity index is 1.70. The minimum absolute atomic E-state index is 0.0607. The van der Waals surface area contributed by atoms with Crippen LogP contribution in [0.1, 0.15) is 18.4 Å². The van der Waals surface area contributed by atoms with E-state index >= 15 is 0 Å². The Morgan fingerprint density at radius 3 is 2.81 bits per heavy atom. The molecule has 2 heterocycles. The van der Waals surface area contributed by atoms with Crippen molar-refractivity contribution >= 4 is 33.3 Å². The highest BCUT2D eigenvalue weighted by Crippen LogP contribution is 2.36. The van der Waals surface area contributed by atoms with Crippen molar-refractivity contribution in [3.63, 3.8) is 0 Å². The Hall–Kier alpha value is -2.16. The molecule has 1 N–H and O–H groups in total. The summed E-state index contributed by atoms with van der Waals surface area (Å²) in [6, 6.07) is 3.66. The van der Waals surface area contributed by atoms with E-state index in [1.165, 1.54) is 12.1 Å².